The van der Waals surface area contributed by atoms with Crippen LogP contribution in [0.2, 0.25) is 5.02 Å². The first-order chi connectivity index (χ1) is 9.51. The Morgan fingerprint density at radius 2 is 1.85 bits per heavy atom. The van der Waals surface area contributed by atoms with E-state index in [2.05, 4.69) is 21.9 Å². The zero-order valence-electron chi connectivity index (χ0n) is 12.0. The molecule has 0 spiro atoms. The van der Waals surface area contributed by atoms with Gasteiger partial charge in [0.15, 0.2) is 5.82 Å². The van der Waals surface area contributed by atoms with Crippen LogP contribution in [0.15, 0.2) is 18.3 Å². The molecule has 0 aliphatic heterocycles. The number of hydrogen-bond acceptors (Lipinski definition) is 4. The van der Waals surface area contributed by atoms with Gasteiger partial charge >= 0.3 is 0 Å². The second-order valence-electron chi connectivity index (χ2n) is 5.10. The Kier molecular flexibility index (Phi) is 4.68. The summed E-state index contributed by atoms with van der Waals surface area (Å²) in [5.74, 6) is 1.07. The van der Waals surface area contributed by atoms with Gasteiger partial charge in [0.05, 0.1) is 5.02 Å². The van der Waals surface area contributed by atoms with Crippen LogP contribution >= 0.6 is 11.6 Å². The molecule has 0 aromatic carbocycles. The van der Waals surface area contributed by atoms with Crippen LogP contribution in [0.25, 0.3) is 11.5 Å². The van der Waals surface area contributed by atoms with E-state index in [0.29, 0.717) is 23.3 Å². The predicted molar refractivity (Wildman–Crippen MR) is 81.7 cm³/mol. The van der Waals surface area contributed by atoms with Crippen molar-refractivity contribution in [3.05, 3.63) is 40.3 Å². The first-order valence-electron chi connectivity index (χ1n) is 6.67. The average molecular weight is 291 g/mol. The highest BCUT2D eigenvalue weighted by Gasteiger charge is 2.13. The summed E-state index contributed by atoms with van der Waals surface area (Å²) in [5.41, 5.74) is 9.59. The van der Waals surface area contributed by atoms with Crippen LogP contribution in [0.1, 0.15) is 23.9 Å². The number of pyridine rings is 1. The minimum atomic E-state index is 0.426. The maximum atomic E-state index is 5.84. The Bertz CT molecular complexity index is 572. The van der Waals surface area contributed by atoms with Crippen molar-refractivity contribution in [1.29, 1.82) is 0 Å². The lowest BCUT2D eigenvalue weighted by atomic mass is 9.99. The molecule has 106 valence electrons. The van der Waals surface area contributed by atoms with Crippen molar-refractivity contribution in [3.63, 3.8) is 0 Å². The number of hydrogen-bond donors (Lipinski definition) is 1. The minimum absolute atomic E-state index is 0.426. The normalized spacial score (nSPS) is 12.4. The number of rotatable bonds is 4. The van der Waals surface area contributed by atoms with Crippen molar-refractivity contribution in [3.8, 4) is 11.5 Å². The maximum Gasteiger partial charge on any atom is 0.178 e. The lowest BCUT2D eigenvalue weighted by Crippen LogP contribution is -2.15. The third-order valence-electron chi connectivity index (χ3n) is 3.33. The Hall–Kier alpha value is -1.52. The highest BCUT2D eigenvalue weighted by Crippen LogP contribution is 2.20. The molecule has 0 radical (unpaired) electrons. The highest BCUT2D eigenvalue weighted by atomic mass is 35.5. The first-order valence-corrected chi connectivity index (χ1v) is 7.05. The molecule has 4 nitrogen and oxygen atoms in total. The summed E-state index contributed by atoms with van der Waals surface area (Å²) in [6, 6.07) is 3.63. The second-order valence-corrected chi connectivity index (χ2v) is 5.54. The molecule has 2 rings (SSSR count). The van der Waals surface area contributed by atoms with Crippen molar-refractivity contribution in [2.75, 3.05) is 6.54 Å². The molecule has 0 amide bonds. The molecule has 2 aromatic rings. The summed E-state index contributed by atoms with van der Waals surface area (Å²) >= 11 is 5.84. The van der Waals surface area contributed by atoms with Gasteiger partial charge in [-0.1, -0.05) is 18.5 Å². The summed E-state index contributed by atoms with van der Waals surface area (Å²) in [6.07, 6.45) is 2.51. The molecule has 0 bridgehead atoms. The Morgan fingerprint density at radius 1 is 1.20 bits per heavy atom. The molecule has 2 N–H and O–H groups in total. The molecule has 0 fully saturated rings. The van der Waals surface area contributed by atoms with Gasteiger partial charge in [-0.15, -0.1) is 0 Å². The zero-order valence-corrected chi connectivity index (χ0v) is 12.8. The summed E-state index contributed by atoms with van der Waals surface area (Å²) in [7, 11) is 0. The third-order valence-corrected chi connectivity index (χ3v) is 3.56. The lowest BCUT2D eigenvalue weighted by molar-refractivity contribution is 0.586. The number of nitrogens with two attached hydrogens (primary N) is 1. The fraction of sp³-hybridized carbons (Fsp3) is 0.400. The number of aromatic nitrogens is 3. The van der Waals surface area contributed by atoms with Crippen molar-refractivity contribution >= 4 is 11.6 Å². The molecular formula is C15H19ClN4. The van der Waals surface area contributed by atoms with Crippen LogP contribution in [0.4, 0.5) is 0 Å². The smallest absolute Gasteiger partial charge is 0.178 e. The van der Waals surface area contributed by atoms with Gasteiger partial charge in [-0.3, -0.25) is 4.98 Å². The van der Waals surface area contributed by atoms with Crippen LogP contribution in [-0.4, -0.2) is 21.5 Å². The monoisotopic (exact) mass is 290 g/mol. The zero-order chi connectivity index (χ0) is 14.7. The molecule has 0 aliphatic carbocycles. The molecule has 5 heteroatoms. The molecule has 20 heavy (non-hydrogen) atoms. The fourth-order valence-corrected chi connectivity index (χ4v) is 2.20. The lowest BCUT2D eigenvalue weighted by Gasteiger charge is -2.14. The van der Waals surface area contributed by atoms with Gasteiger partial charge in [0, 0.05) is 17.6 Å². The minimum Gasteiger partial charge on any atom is -0.330 e. The van der Waals surface area contributed by atoms with E-state index in [9.17, 15) is 0 Å². The Balaban J connectivity index is 2.37. The van der Waals surface area contributed by atoms with E-state index in [1.165, 1.54) is 5.56 Å². The van der Waals surface area contributed by atoms with Crippen LogP contribution in [0.3, 0.4) is 0 Å². The molecule has 2 aromatic heterocycles. The molecule has 0 saturated carbocycles. The third kappa shape index (κ3) is 3.32. The van der Waals surface area contributed by atoms with Crippen LogP contribution < -0.4 is 5.73 Å². The fourth-order valence-electron chi connectivity index (χ4n) is 2.09. The quantitative estimate of drug-likeness (QED) is 0.940. The van der Waals surface area contributed by atoms with Crippen molar-refractivity contribution in [2.24, 2.45) is 11.7 Å². The van der Waals surface area contributed by atoms with E-state index in [1.807, 2.05) is 19.9 Å². The summed E-state index contributed by atoms with van der Waals surface area (Å²) < 4.78 is 0. The maximum absolute atomic E-state index is 5.84. The predicted octanol–water partition coefficient (Wildman–Crippen LogP) is 2.95. The number of aryl methyl sites for hydroxylation is 2. The van der Waals surface area contributed by atoms with Gasteiger partial charge in [-0.25, -0.2) is 9.97 Å². The number of halogens is 1. The summed E-state index contributed by atoms with van der Waals surface area (Å²) in [6.45, 7) is 6.81. The van der Waals surface area contributed by atoms with Gasteiger partial charge in [0.2, 0.25) is 0 Å². The van der Waals surface area contributed by atoms with E-state index < -0.39 is 0 Å². The van der Waals surface area contributed by atoms with Crippen LogP contribution in [0.5, 0.6) is 0 Å². The standard InChI is InChI=1S/C15H19ClN4/c1-9(7-17)6-13-10(2)19-15(20-11(13)3)14-5-4-12(16)8-18-14/h4-5,8-9H,6-7,17H2,1-3H3. The topological polar surface area (TPSA) is 64.7 Å². The highest BCUT2D eigenvalue weighted by molar-refractivity contribution is 6.30. The molecule has 0 aliphatic rings. The molecule has 1 atom stereocenters. The molecule has 1 unspecified atom stereocenters. The number of nitrogens with zero attached hydrogens (tertiary/aromatic N) is 3. The molecule has 0 saturated heterocycles. The van der Waals surface area contributed by atoms with Crippen LogP contribution in [-0.2, 0) is 6.42 Å². The second kappa shape index (κ2) is 6.29. The van der Waals surface area contributed by atoms with Gasteiger partial charge in [-0.05, 0) is 50.4 Å². The van der Waals surface area contributed by atoms with Crippen LogP contribution in [0, 0.1) is 19.8 Å². The van der Waals surface area contributed by atoms with Crippen molar-refractivity contribution < 1.29 is 0 Å². The van der Waals surface area contributed by atoms with Gasteiger partial charge < -0.3 is 5.73 Å². The van der Waals surface area contributed by atoms with E-state index in [-0.39, 0.29) is 0 Å². The van der Waals surface area contributed by atoms with Gasteiger partial charge in [0.25, 0.3) is 0 Å². The Labute approximate surface area is 124 Å². The van der Waals surface area contributed by atoms with Gasteiger partial charge in [-0.2, -0.15) is 0 Å². The SMILES string of the molecule is Cc1nc(-c2ccc(Cl)cn2)nc(C)c1CC(C)CN. The average Bonchev–Trinajstić information content (AvgIpc) is 2.43. The first kappa shape index (κ1) is 14.9. The van der Waals surface area contributed by atoms with Gasteiger partial charge in [0.1, 0.15) is 5.69 Å². The molecule has 2 heterocycles. The molecular weight excluding hydrogens is 272 g/mol. The summed E-state index contributed by atoms with van der Waals surface area (Å²) in [4.78, 5) is 13.4. The van der Waals surface area contributed by atoms with Crippen molar-refractivity contribution in [2.45, 2.75) is 27.2 Å². The van der Waals surface area contributed by atoms with E-state index in [4.69, 9.17) is 17.3 Å². The van der Waals surface area contributed by atoms with E-state index >= 15 is 0 Å². The Morgan fingerprint density at radius 3 is 2.35 bits per heavy atom. The van der Waals surface area contributed by atoms with Crippen molar-refractivity contribution in [1.82, 2.24) is 15.0 Å². The summed E-state index contributed by atoms with van der Waals surface area (Å²) in [5, 5.41) is 0.607. The van der Waals surface area contributed by atoms with E-state index in [1.54, 1.807) is 12.3 Å². The van der Waals surface area contributed by atoms with E-state index in [0.717, 1.165) is 23.5 Å². The largest absolute Gasteiger partial charge is 0.330 e.